The van der Waals surface area contributed by atoms with Crippen LogP contribution in [0.2, 0.25) is 0 Å². The molecule has 0 fully saturated rings. The highest BCUT2D eigenvalue weighted by Crippen LogP contribution is 2.13. The van der Waals surface area contributed by atoms with E-state index < -0.39 is 11.2 Å². The molecule has 2 rings (SSSR count). The van der Waals surface area contributed by atoms with Gasteiger partial charge in [0.2, 0.25) is 5.91 Å². The molecule has 0 atom stereocenters. The lowest BCUT2D eigenvalue weighted by Gasteiger charge is -2.20. The van der Waals surface area contributed by atoms with Crippen LogP contribution in [0.15, 0.2) is 46.0 Å². The van der Waals surface area contributed by atoms with Crippen molar-refractivity contribution >= 4 is 11.6 Å². The molecule has 2 aromatic rings. The van der Waals surface area contributed by atoms with Crippen molar-refractivity contribution in [1.29, 1.82) is 0 Å². The minimum atomic E-state index is -0.608. The molecule has 0 aliphatic carbocycles. The van der Waals surface area contributed by atoms with E-state index in [-0.39, 0.29) is 12.3 Å². The van der Waals surface area contributed by atoms with Crippen molar-refractivity contribution in [2.75, 3.05) is 11.4 Å². The second-order valence-electron chi connectivity index (χ2n) is 4.26. The summed E-state index contributed by atoms with van der Waals surface area (Å²) in [5.74, 6) is -0.181. The third-order valence-corrected chi connectivity index (χ3v) is 2.84. The van der Waals surface area contributed by atoms with Gasteiger partial charge in [-0.05, 0) is 19.1 Å². The first-order valence-electron chi connectivity index (χ1n) is 6.28. The molecule has 1 aromatic carbocycles. The summed E-state index contributed by atoms with van der Waals surface area (Å²) < 4.78 is 0. The van der Waals surface area contributed by atoms with E-state index in [9.17, 15) is 14.4 Å². The van der Waals surface area contributed by atoms with Crippen LogP contribution < -0.4 is 16.1 Å². The standard InChI is InChI=1S/C14H15N3O3/c1-2-17(11-6-4-3-5-7-11)13(19)9-10-8-12(18)16-14(20)15-10/h3-8H,2,9H2,1H3,(H2,15,16,18,20). The number of aromatic nitrogens is 2. The van der Waals surface area contributed by atoms with Crippen LogP contribution in [-0.4, -0.2) is 22.4 Å². The molecule has 2 N–H and O–H groups in total. The van der Waals surface area contributed by atoms with Crippen LogP contribution in [0.1, 0.15) is 12.6 Å². The number of nitrogens with zero attached hydrogens (tertiary/aromatic N) is 1. The van der Waals surface area contributed by atoms with Crippen LogP contribution in [0.3, 0.4) is 0 Å². The SMILES string of the molecule is CCN(C(=O)Cc1cc(=O)[nH]c(=O)[nH]1)c1ccccc1. The van der Waals surface area contributed by atoms with E-state index in [0.29, 0.717) is 12.2 Å². The number of hydrogen-bond acceptors (Lipinski definition) is 3. The molecule has 0 saturated carbocycles. The number of H-pyrrole nitrogens is 2. The van der Waals surface area contributed by atoms with Gasteiger partial charge in [-0.1, -0.05) is 18.2 Å². The molecule has 0 aliphatic rings. The predicted molar refractivity (Wildman–Crippen MR) is 75.9 cm³/mol. The number of anilines is 1. The maximum atomic E-state index is 12.3. The Labute approximate surface area is 115 Å². The highest BCUT2D eigenvalue weighted by molar-refractivity contribution is 5.94. The number of aromatic amines is 2. The van der Waals surface area contributed by atoms with Crippen LogP contribution >= 0.6 is 0 Å². The maximum Gasteiger partial charge on any atom is 0.325 e. The van der Waals surface area contributed by atoms with E-state index in [1.54, 1.807) is 4.90 Å². The van der Waals surface area contributed by atoms with Crippen molar-refractivity contribution in [2.24, 2.45) is 0 Å². The van der Waals surface area contributed by atoms with Gasteiger partial charge in [0.25, 0.3) is 5.56 Å². The first-order chi connectivity index (χ1) is 9.60. The zero-order valence-corrected chi connectivity index (χ0v) is 11.1. The minimum absolute atomic E-state index is 0.0259. The smallest absolute Gasteiger partial charge is 0.312 e. The molecule has 104 valence electrons. The summed E-state index contributed by atoms with van der Waals surface area (Å²) in [6, 6.07) is 10.5. The third-order valence-electron chi connectivity index (χ3n) is 2.84. The van der Waals surface area contributed by atoms with Crippen molar-refractivity contribution in [3.05, 3.63) is 62.9 Å². The predicted octanol–water partition coefficient (Wildman–Crippen LogP) is 0.659. The number of hydrogen-bond donors (Lipinski definition) is 2. The average Bonchev–Trinajstić information content (AvgIpc) is 2.39. The van der Waals surface area contributed by atoms with Crippen molar-refractivity contribution < 1.29 is 4.79 Å². The van der Waals surface area contributed by atoms with Gasteiger partial charge < -0.3 is 9.88 Å². The van der Waals surface area contributed by atoms with Gasteiger partial charge in [0.15, 0.2) is 0 Å². The fraction of sp³-hybridized carbons (Fsp3) is 0.214. The van der Waals surface area contributed by atoms with E-state index in [0.717, 1.165) is 5.69 Å². The molecule has 0 bridgehead atoms. The van der Waals surface area contributed by atoms with Crippen molar-refractivity contribution in [3.8, 4) is 0 Å². The second-order valence-corrected chi connectivity index (χ2v) is 4.26. The third kappa shape index (κ3) is 3.23. The average molecular weight is 273 g/mol. The van der Waals surface area contributed by atoms with Crippen molar-refractivity contribution in [3.63, 3.8) is 0 Å². The van der Waals surface area contributed by atoms with Crippen LogP contribution in [0, 0.1) is 0 Å². The van der Waals surface area contributed by atoms with Gasteiger partial charge in [-0.3, -0.25) is 14.6 Å². The van der Waals surface area contributed by atoms with Gasteiger partial charge in [0.1, 0.15) is 0 Å². The van der Waals surface area contributed by atoms with Crippen molar-refractivity contribution in [1.82, 2.24) is 9.97 Å². The highest BCUT2D eigenvalue weighted by Gasteiger charge is 2.14. The summed E-state index contributed by atoms with van der Waals surface area (Å²) in [5.41, 5.74) is -0.0345. The molecule has 1 heterocycles. The van der Waals surface area contributed by atoms with Crippen LogP contribution in [0.25, 0.3) is 0 Å². The molecule has 6 heteroatoms. The molecule has 1 amide bonds. The van der Waals surface area contributed by atoms with Gasteiger partial charge >= 0.3 is 5.69 Å². The van der Waals surface area contributed by atoms with E-state index in [2.05, 4.69) is 9.97 Å². The van der Waals surface area contributed by atoms with Gasteiger partial charge in [-0.25, -0.2) is 4.79 Å². The van der Waals surface area contributed by atoms with Gasteiger partial charge in [-0.15, -0.1) is 0 Å². The number of carbonyl (C=O) groups is 1. The number of para-hydroxylation sites is 1. The van der Waals surface area contributed by atoms with Gasteiger partial charge in [-0.2, -0.15) is 0 Å². The monoisotopic (exact) mass is 273 g/mol. The lowest BCUT2D eigenvalue weighted by molar-refractivity contribution is -0.118. The fourth-order valence-electron chi connectivity index (χ4n) is 1.98. The highest BCUT2D eigenvalue weighted by atomic mass is 16.2. The Bertz CT molecular complexity index is 675. The molecular formula is C14H15N3O3. The first-order valence-corrected chi connectivity index (χ1v) is 6.28. The second kappa shape index (κ2) is 6.01. The summed E-state index contributed by atoms with van der Waals surface area (Å²) in [5, 5.41) is 0. The largest absolute Gasteiger partial charge is 0.325 e. The Hall–Kier alpha value is -2.63. The Kier molecular flexibility index (Phi) is 4.14. The quantitative estimate of drug-likeness (QED) is 0.858. The van der Waals surface area contributed by atoms with Crippen LogP contribution in [0.4, 0.5) is 5.69 Å². The van der Waals surface area contributed by atoms with E-state index in [1.807, 2.05) is 37.3 Å². The molecule has 0 spiro atoms. The Morgan fingerprint density at radius 3 is 2.45 bits per heavy atom. The number of likely N-dealkylation sites (N-methyl/N-ethyl adjacent to an activating group) is 1. The van der Waals surface area contributed by atoms with Crippen LogP contribution in [-0.2, 0) is 11.2 Å². The summed E-state index contributed by atoms with van der Waals surface area (Å²) in [6.45, 7) is 2.38. The van der Waals surface area contributed by atoms with Crippen LogP contribution in [0.5, 0.6) is 0 Å². The summed E-state index contributed by atoms with van der Waals surface area (Å²) in [7, 11) is 0. The Morgan fingerprint density at radius 1 is 1.15 bits per heavy atom. The van der Waals surface area contributed by atoms with E-state index in [4.69, 9.17) is 0 Å². The Morgan fingerprint density at radius 2 is 1.85 bits per heavy atom. The van der Waals surface area contributed by atoms with E-state index >= 15 is 0 Å². The summed E-state index contributed by atoms with van der Waals surface area (Å²) >= 11 is 0. The molecular weight excluding hydrogens is 258 g/mol. The summed E-state index contributed by atoms with van der Waals surface area (Å²) in [6.07, 6.45) is -0.0259. The number of benzene rings is 1. The molecule has 0 saturated heterocycles. The molecule has 1 aromatic heterocycles. The number of nitrogens with one attached hydrogen (secondary N) is 2. The molecule has 0 aliphatic heterocycles. The van der Waals surface area contributed by atoms with Gasteiger partial charge in [0.05, 0.1) is 6.42 Å². The molecule has 0 unspecified atom stereocenters. The number of rotatable bonds is 4. The lowest BCUT2D eigenvalue weighted by Crippen LogP contribution is -2.33. The minimum Gasteiger partial charge on any atom is -0.312 e. The first kappa shape index (κ1) is 13.8. The molecule has 20 heavy (non-hydrogen) atoms. The zero-order chi connectivity index (χ0) is 14.5. The molecule has 0 radical (unpaired) electrons. The number of carbonyl (C=O) groups excluding carboxylic acids is 1. The lowest BCUT2D eigenvalue weighted by atomic mass is 10.2. The Balaban J connectivity index is 2.22. The van der Waals surface area contributed by atoms with Crippen molar-refractivity contribution in [2.45, 2.75) is 13.3 Å². The summed E-state index contributed by atoms with van der Waals surface area (Å²) in [4.78, 5) is 40.7. The van der Waals surface area contributed by atoms with E-state index in [1.165, 1.54) is 6.07 Å². The number of amides is 1. The zero-order valence-electron chi connectivity index (χ0n) is 11.1. The molecule has 6 nitrogen and oxygen atoms in total. The van der Waals surface area contributed by atoms with Gasteiger partial charge in [0, 0.05) is 24.0 Å². The normalized spacial score (nSPS) is 10.2. The fourth-order valence-corrected chi connectivity index (χ4v) is 1.98. The maximum absolute atomic E-state index is 12.3. The topological polar surface area (TPSA) is 86.0 Å².